The van der Waals surface area contributed by atoms with Crippen LogP contribution in [0.25, 0.3) is 11.1 Å². The van der Waals surface area contributed by atoms with Gasteiger partial charge in [-0.15, -0.1) is 0 Å². The van der Waals surface area contributed by atoms with Gasteiger partial charge in [0.15, 0.2) is 0 Å². The van der Waals surface area contributed by atoms with E-state index in [-0.39, 0.29) is 12.5 Å². The lowest BCUT2D eigenvalue weighted by Gasteiger charge is -2.30. The Kier molecular flexibility index (Phi) is 11.3. The maximum atomic E-state index is 13.3. The van der Waals surface area contributed by atoms with Crippen molar-refractivity contribution in [2.75, 3.05) is 57.9 Å². The van der Waals surface area contributed by atoms with Crippen LogP contribution in [0.5, 0.6) is 5.75 Å². The first-order valence-corrected chi connectivity index (χ1v) is 15.5. The predicted octanol–water partition coefficient (Wildman–Crippen LogP) is 5.56. The van der Waals surface area contributed by atoms with Crippen LogP contribution in [0.2, 0.25) is 0 Å². The van der Waals surface area contributed by atoms with E-state index < -0.39 is 0 Å². The Morgan fingerprint density at radius 1 is 0.833 bits per heavy atom. The minimum absolute atomic E-state index is 0.00284. The highest BCUT2D eigenvalue weighted by atomic mass is 16.5. The van der Waals surface area contributed by atoms with E-state index in [4.69, 9.17) is 9.47 Å². The zero-order valence-electron chi connectivity index (χ0n) is 25.0. The minimum Gasteiger partial charge on any atom is -0.492 e. The SMILES string of the molecule is COCC(=O)N1CCCCCCCN(Cc2cccc(OCCN3CCCC3)c2)Cc2cc(-c3cncnc3)ccc21. The van der Waals surface area contributed by atoms with Crippen molar-refractivity contribution >= 4 is 11.6 Å². The zero-order chi connectivity index (χ0) is 29.0. The standard InChI is InChI=1S/C34H45N5O3/c1-41-26-34(40)39-17-6-4-2-3-5-16-38(25-30-21-29(12-13-33(30)39)31-22-35-27-36-23-31)24-28-10-9-11-32(20-28)42-19-18-37-14-7-8-15-37/h9-13,20-23,27H,2-8,14-19,24-26H2,1H3. The third kappa shape index (κ3) is 8.60. The van der Waals surface area contributed by atoms with E-state index in [1.807, 2.05) is 17.3 Å². The molecule has 0 saturated carbocycles. The van der Waals surface area contributed by atoms with Crippen LogP contribution in [0.3, 0.4) is 0 Å². The van der Waals surface area contributed by atoms with Gasteiger partial charge in [0, 0.05) is 56.9 Å². The Labute approximate surface area is 250 Å². The molecule has 0 radical (unpaired) electrons. The van der Waals surface area contributed by atoms with Crippen molar-refractivity contribution < 1.29 is 14.3 Å². The van der Waals surface area contributed by atoms with E-state index in [0.717, 1.165) is 80.2 Å². The molecular formula is C34H45N5O3. The Morgan fingerprint density at radius 3 is 2.38 bits per heavy atom. The van der Waals surface area contributed by atoms with Gasteiger partial charge in [-0.2, -0.15) is 0 Å². The summed E-state index contributed by atoms with van der Waals surface area (Å²) in [6.07, 6.45) is 13.4. The van der Waals surface area contributed by atoms with Crippen LogP contribution in [-0.2, 0) is 22.6 Å². The number of nitrogens with zero attached hydrogens (tertiary/aromatic N) is 5. The number of carbonyl (C=O) groups excluding carboxylic acids is 1. The molecule has 8 heteroatoms. The molecule has 8 nitrogen and oxygen atoms in total. The number of hydrogen-bond acceptors (Lipinski definition) is 7. The Hall–Kier alpha value is -3.33. The summed E-state index contributed by atoms with van der Waals surface area (Å²) in [5.41, 5.74) is 5.34. The molecule has 42 heavy (non-hydrogen) atoms. The summed E-state index contributed by atoms with van der Waals surface area (Å²) >= 11 is 0. The molecule has 0 unspecified atom stereocenters. The summed E-state index contributed by atoms with van der Waals surface area (Å²) in [7, 11) is 1.58. The maximum Gasteiger partial charge on any atom is 0.252 e. The van der Waals surface area contributed by atoms with Gasteiger partial charge in [-0.05, 0) is 86.3 Å². The van der Waals surface area contributed by atoms with Gasteiger partial charge in [-0.25, -0.2) is 9.97 Å². The molecule has 2 aliphatic rings. The molecule has 0 aliphatic carbocycles. The van der Waals surface area contributed by atoms with E-state index in [1.54, 1.807) is 13.4 Å². The van der Waals surface area contributed by atoms with Crippen molar-refractivity contribution in [2.24, 2.45) is 0 Å². The molecule has 0 atom stereocenters. The lowest BCUT2D eigenvalue weighted by molar-refractivity contribution is -0.122. The molecule has 1 fully saturated rings. The molecule has 1 saturated heterocycles. The van der Waals surface area contributed by atoms with E-state index in [9.17, 15) is 4.79 Å². The molecule has 1 amide bonds. The van der Waals surface area contributed by atoms with Crippen LogP contribution in [0, 0.1) is 0 Å². The third-order valence-electron chi connectivity index (χ3n) is 8.26. The molecule has 224 valence electrons. The summed E-state index contributed by atoms with van der Waals surface area (Å²) in [4.78, 5) is 28.6. The Balaban J connectivity index is 1.39. The number of amides is 1. The van der Waals surface area contributed by atoms with Gasteiger partial charge in [-0.1, -0.05) is 37.5 Å². The Bertz CT molecular complexity index is 1270. The van der Waals surface area contributed by atoms with Gasteiger partial charge >= 0.3 is 0 Å². The van der Waals surface area contributed by atoms with Crippen molar-refractivity contribution in [3.8, 4) is 16.9 Å². The minimum atomic E-state index is -0.00284. The van der Waals surface area contributed by atoms with Crippen molar-refractivity contribution in [3.05, 3.63) is 72.3 Å². The fourth-order valence-corrected chi connectivity index (χ4v) is 6.07. The van der Waals surface area contributed by atoms with Crippen LogP contribution in [0.15, 0.2) is 61.2 Å². The number of anilines is 1. The van der Waals surface area contributed by atoms with Gasteiger partial charge in [0.05, 0.1) is 0 Å². The molecule has 3 heterocycles. The fourth-order valence-electron chi connectivity index (χ4n) is 6.07. The maximum absolute atomic E-state index is 13.3. The second kappa shape index (κ2) is 15.8. The van der Waals surface area contributed by atoms with Crippen LogP contribution in [0.1, 0.15) is 56.1 Å². The number of rotatable bonds is 9. The number of ether oxygens (including phenoxy) is 2. The Morgan fingerprint density at radius 2 is 1.57 bits per heavy atom. The van der Waals surface area contributed by atoms with E-state index in [1.165, 1.54) is 44.3 Å². The lowest BCUT2D eigenvalue weighted by Crippen LogP contribution is -2.36. The molecular weight excluding hydrogens is 526 g/mol. The molecule has 2 aromatic carbocycles. The van der Waals surface area contributed by atoms with E-state index >= 15 is 0 Å². The first-order chi connectivity index (χ1) is 20.7. The first-order valence-electron chi connectivity index (χ1n) is 15.5. The normalized spacial score (nSPS) is 17.3. The molecule has 2 aliphatic heterocycles. The molecule has 0 N–H and O–H groups in total. The molecule has 0 bridgehead atoms. The van der Waals surface area contributed by atoms with E-state index in [2.05, 4.69) is 62.2 Å². The van der Waals surface area contributed by atoms with Crippen molar-refractivity contribution in [1.82, 2.24) is 19.8 Å². The first kappa shape index (κ1) is 30.1. The monoisotopic (exact) mass is 571 g/mol. The number of carbonyl (C=O) groups is 1. The molecule has 1 aromatic heterocycles. The zero-order valence-corrected chi connectivity index (χ0v) is 25.0. The van der Waals surface area contributed by atoms with Crippen LogP contribution in [0.4, 0.5) is 5.69 Å². The summed E-state index contributed by atoms with van der Waals surface area (Å²) in [5, 5.41) is 0. The summed E-state index contributed by atoms with van der Waals surface area (Å²) < 4.78 is 11.4. The number of fused-ring (bicyclic) bond motifs is 1. The van der Waals surface area contributed by atoms with Gasteiger partial charge in [-0.3, -0.25) is 14.6 Å². The van der Waals surface area contributed by atoms with Gasteiger partial charge in [0.1, 0.15) is 25.3 Å². The van der Waals surface area contributed by atoms with Crippen LogP contribution < -0.4 is 9.64 Å². The van der Waals surface area contributed by atoms with Crippen molar-refractivity contribution in [3.63, 3.8) is 0 Å². The number of benzene rings is 2. The number of likely N-dealkylation sites (tertiary alicyclic amines) is 1. The average molecular weight is 572 g/mol. The number of aromatic nitrogens is 2. The van der Waals surface area contributed by atoms with Crippen molar-refractivity contribution in [1.29, 1.82) is 0 Å². The molecule has 5 rings (SSSR count). The molecule has 3 aromatic rings. The number of hydrogen-bond donors (Lipinski definition) is 0. The highest BCUT2D eigenvalue weighted by Gasteiger charge is 2.21. The molecule has 0 spiro atoms. The summed E-state index contributed by atoms with van der Waals surface area (Å²) in [5.74, 6) is 0.932. The largest absolute Gasteiger partial charge is 0.492 e. The van der Waals surface area contributed by atoms with Gasteiger partial charge in [0.25, 0.3) is 5.91 Å². The summed E-state index contributed by atoms with van der Waals surface area (Å²) in [6, 6.07) is 14.9. The average Bonchev–Trinajstić information content (AvgIpc) is 3.52. The highest BCUT2D eigenvalue weighted by Crippen LogP contribution is 2.30. The quantitative estimate of drug-likeness (QED) is 0.333. The predicted molar refractivity (Wildman–Crippen MR) is 167 cm³/mol. The topological polar surface area (TPSA) is 71.0 Å². The van der Waals surface area contributed by atoms with E-state index in [0.29, 0.717) is 6.54 Å². The van der Waals surface area contributed by atoms with Gasteiger partial charge in [0.2, 0.25) is 0 Å². The smallest absolute Gasteiger partial charge is 0.252 e. The second-order valence-corrected chi connectivity index (χ2v) is 11.5. The summed E-state index contributed by atoms with van der Waals surface area (Å²) in [6.45, 7) is 7.38. The third-order valence-corrected chi connectivity index (χ3v) is 8.26. The fraction of sp³-hybridized carbons (Fsp3) is 0.500. The highest BCUT2D eigenvalue weighted by molar-refractivity contribution is 5.95. The lowest BCUT2D eigenvalue weighted by atomic mass is 10.0. The van der Waals surface area contributed by atoms with Gasteiger partial charge < -0.3 is 14.4 Å². The van der Waals surface area contributed by atoms with Crippen LogP contribution >= 0.6 is 0 Å². The van der Waals surface area contributed by atoms with Crippen molar-refractivity contribution in [2.45, 2.75) is 58.0 Å². The van der Waals surface area contributed by atoms with Crippen LogP contribution in [-0.4, -0.2) is 78.7 Å². The second-order valence-electron chi connectivity index (χ2n) is 11.5. The number of methoxy groups -OCH3 is 1.